The Balaban J connectivity index is 1.38. The van der Waals surface area contributed by atoms with Gasteiger partial charge in [-0.1, -0.05) is 109 Å². The molecule has 0 amide bonds. The summed E-state index contributed by atoms with van der Waals surface area (Å²) in [5.41, 5.74) is 10.6. The second-order valence-corrected chi connectivity index (χ2v) is 10.5. The topological polar surface area (TPSA) is 14.2 Å². The molecule has 1 aromatic heterocycles. The molecule has 7 aromatic rings. The van der Waals surface area contributed by atoms with Crippen LogP contribution >= 0.6 is 0 Å². The highest BCUT2D eigenvalue weighted by Crippen LogP contribution is 2.62. The maximum absolute atomic E-state index is 6.74. The fourth-order valence-corrected chi connectivity index (χ4v) is 7.19. The number of para-hydroxylation sites is 3. The molecule has 1 aliphatic heterocycles. The lowest BCUT2D eigenvalue weighted by Crippen LogP contribution is -2.32. The molecule has 2 heteroatoms. The van der Waals surface area contributed by atoms with Gasteiger partial charge in [0, 0.05) is 33.7 Å². The van der Waals surface area contributed by atoms with Crippen molar-refractivity contribution in [3.8, 4) is 28.3 Å². The first-order valence-corrected chi connectivity index (χ1v) is 13.5. The highest BCUT2D eigenvalue weighted by molar-refractivity contribution is 6.09. The van der Waals surface area contributed by atoms with Crippen LogP contribution in [0.1, 0.15) is 22.3 Å². The van der Waals surface area contributed by atoms with E-state index in [-0.39, 0.29) is 0 Å². The van der Waals surface area contributed by atoms with Crippen LogP contribution in [0.25, 0.3) is 38.6 Å². The average molecular weight is 498 g/mol. The van der Waals surface area contributed by atoms with Gasteiger partial charge in [-0.2, -0.15) is 0 Å². The lowest BCUT2D eigenvalue weighted by Gasteiger charge is -2.39. The Hall–Kier alpha value is -5.08. The molecule has 0 saturated heterocycles. The molecule has 6 aromatic carbocycles. The Morgan fingerprint density at radius 3 is 1.62 bits per heavy atom. The molecule has 0 fully saturated rings. The van der Waals surface area contributed by atoms with Crippen molar-refractivity contribution in [3.63, 3.8) is 0 Å². The Labute approximate surface area is 226 Å². The number of fused-ring (bicyclic) bond motifs is 12. The van der Waals surface area contributed by atoms with Gasteiger partial charge in [-0.3, -0.25) is 0 Å². The van der Waals surface area contributed by atoms with Gasteiger partial charge in [0.2, 0.25) is 0 Å². The highest BCUT2D eigenvalue weighted by atomic mass is 16.5. The molecule has 9 rings (SSSR count). The van der Waals surface area contributed by atoms with E-state index in [1.807, 2.05) is 0 Å². The van der Waals surface area contributed by atoms with E-state index in [4.69, 9.17) is 4.74 Å². The Morgan fingerprint density at radius 2 is 0.949 bits per heavy atom. The molecular weight excluding hydrogens is 474 g/mol. The molecule has 2 aliphatic rings. The van der Waals surface area contributed by atoms with Crippen LogP contribution in [0.2, 0.25) is 0 Å². The van der Waals surface area contributed by atoms with Gasteiger partial charge in [0.25, 0.3) is 0 Å². The van der Waals surface area contributed by atoms with E-state index in [9.17, 15) is 0 Å². The van der Waals surface area contributed by atoms with Gasteiger partial charge in [-0.25, -0.2) is 0 Å². The number of benzene rings is 6. The fraction of sp³-hybridized carbons (Fsp3) is 0.0270. The predicted molar refractivity (Wildman–Crippen MR) is 158 cm³/mol. The predicted octanol–water partition coefficient (Wildman–Crippen LogP) is 9.25. The van der Waals surface area contributed by atoms with Gasteiger partial charge in [0.1, 0.15) is 11.5 Å². The van der Waals surface area contributed by atoms with Crippen molar-refractivity contribution < 1.29 is 4.74 Å². The van der Waals surface area contributed by atoms with Crippen molar-refractivity contribution in [3.05, 3.63) is 162 Å². The van der Waals surface area contributed by atoms with Gasteiger partial charge in [0.05, 0.1) is 16.4 Å². The number of ether oxygens (including phenoxy) is 1. The zero-order valence-corrected chi connectivity index (χ0v) is 21.1. The third-order valence-corrected chi connectivity index (χ3v) is 8.67. The van der Waals surface area contributed by atoms with E-state index in [1.165, 1.54) is 55.2 Å². The van der Waals surface area contributed by atoms with Gasteiger partial charge in [-0.05, 0) is 46.5 Å². The summed E-state index contributed by atoms with van der Waals surface area (Å²) in [7, 11) is 0. The minimum absolute atomic E-state index is 0.434. The van der Waals surface area contributed by atoms with Gasteiger partial charge in [-0.15, -0.1) is 0 Å². The van der Waals surface area contributed by atoms with Crippen LogP contribution in [-0.2, 0) is 5.41 Å². The average Bonchev–Trinajstić information content (AvgIpc) is 3.49. The van der Waals surface area contributed by atoms with Crippen molar-refractivity contribution in [1.29, 1.82) is 0 Å². The van der Waals surface area contributed by atoms with Crippen molar-refractivity contribution >= 4 is 21.8 Å². The van der Waals surface area contributed by atoms with Crippen molar-refractivity contribution in [2.45, 2.75) is 5.41 Å². The van der Waals surface area contributed by atoms with Crippen LogP contribution in [-0.4, -0.2) is 4.57 Å². The zero-order chi connectivity index (χ0) is 25.6. The molecule has 1 spiro atoms. The van der Waals surface area contributed by atoms with E-state index >= 15 is 0 Å². The summed E-state index contributed by atoms with van der Waals surface area (Å²) in [6.45, 7) is 0. The first-order valence-electron chi connectivity index (χ1n) is 13.5. The fourth-order valence-electron chi connectivity index (χ4n) is 7.19. The van der Waals surface area contributed by atoms with Gasteiger partial charge < -0.3 is 9.30 Å². The molecule has 182 valence electrons. The zero-order valence-electron chi connectivity index (χ0n) is 21.1. The highest BCUT2D eigenvalue weighted by Gasteiger charge is 2.50. The summed E-state index contributed by atoms with van der Waals surface area (Å²) in [4.78, 5) is 0. The summed E-state index contributed by atoms with van der Waals surface area (Å²) >= 11 is 0. The second-order valence-electron chi connectivity index (χ2n) is 10.5. The van der Waals surface area contributed by atoms with Gasteiger partial charge >= 0.3 is 0 Å². The SMILES string of the molecule is c1ccc2c(c1)Oc1cc(-n3c4ccccc4c4ccccc43)ccc1C21c2ccccc2-c2ccccc21. The quantitative estimate of drug-likeness (QED) is 0.220. The number of aromatic nitrogens is 1. The van der Waals surface area contributed by atoms with Crippen LogP contribution in [0.4, 0.5) is 0 Å². The Morgan fingerprint density at radius 1 is 0.436 bits per heavy atom. The molecule has 0 bridgehead atoms. The van der Waals surface area contributed by atoms with E-state index in [1.54, 1.807) is 0 Å². The summed E-state index contributed by atoms with van der Waals surface area (Å²) < 4.78 is 9.10. The molecule has 0 atom stereocenters. The monoisotopic (exact) mass is 497 g/mol. The summed E-state index contributed by atoms with van der Waals surface area (Å²) in [6, 6.07) is 50.3. The maximum atomic E-state index is 6.74. The number of hydrogen-bond donors (Lipinski definition) is 0. The molecular formula is C37H23NO. The molecule has 2 heterocycles. The molecule has 1 aliphatic carbocycles. The molecule has 0 N–H and O–H groups in total. The van der Waals surface area contributed by atoms with Crippen LogP contribution in [0.15, 0.2) is 140 Å². The molecule has 2 nitrogen and oxygen atoms in total. The first kappa shape index (κ1) is 20.9. The van der Waals surface area contributed by atoms with Crippen molar-refractivity contribution in [2.75, 3.05) is 0 Å². The molecule has 0 radical (unpaired) electrons. The van der Waals surface area contributed by atoms with E-state index in [0.717, 1.165) is 17.2 Å². The lowest BCUT2D eigenvalue weighted by molar-refractivity contribution is 0.436. The van der Waals surface area contributed by atoms with E-state index < -0.39 is 5.41 Å². The standard InChI is InChI=1S/C37H23NO/c1-5-15-29-25(11-1)26-12-2-6-16-30(26)37(29)31-17-7-10-20-35(31)39-36-23-24(21-22-32(36)37)38-33-18-8-3-13-27(33)28-14-4-9-19-34(28)38/h1-23H. The van der Waals surface area contributed by atoms with E-state index in [0.29, 0.717) is 0 Å². The summed E-state index contributed by atoms with van der Waals surface area (Å²) in [5.74, 6) is 1.82. The van der Waals surface area contributed by atoms with Crippen molar-refractivity contribution in [1.82, 2.24) is 4.57 Å². The molecule has 39 heavy (non-hydrogen) atoms. The second kappa shape index (κ2) is 7.49. The number of nitrogens with zero attached hydrogens (tertiary/aromatic N) is 1. The van der Waals surface area contributed by atoms with Crippen molar-refractivity contribution in [2.24, 2.45) is 0 Å². The Kier molecular flexibility index (Phi) is 4.02. The minimum Gasteiger partial charge on any atom is -0.457 e. The normalized spacial score (nSPS) is 14.1. The van der Waals surface area contributed by atoms with Crippen LogP contribution < -0.4 is 4.74 Å². The van der Waals surface area contributed by atoms with Crippen LogP contribution in [0.5, 0.6) is 11.5 Å². The van der Waals surface area contributed by atoms with Crippen LogP contribution in [0.3, 0.4) is 0 Å². The van der Waals surface area contributed by atoms with Gasteiger partial charge in [0.15, 0.2) is 0 Å². The third kappa shape index (κ3) is 2.56. The Bertz CT molecular complexity index is 2020. The summed E-state index contributed by atoms with van der Waals surface area (Å²) in [6.07, 6.45) is 0. The smallest absolute Gasteiger partial charge is 0.134 e. The first-order chi connectivity index (χ1) is 19.4. The maximum Gasteiger partial charge on any atom is 0.134 e. The lowest BCUT2D eigenvalue weighted by atomic mass is 9.66. The van der Waals surface area contributed by atoms with E-state index in [2.05, 4.69) is 144 Å². The largest absolute Gasteiger partial charge is 0.457 e. The minimum atomic E-state index is -0.434. The molecule has 0 saturated carbocycles. The number of rotatable bonds is 1. The number of hydrogen-bond acceptors (Lipinski definition) is 1. The third-order valence-electron chi connectivity index (χ3n) is 8.67. The van der Waals surface area contributed by atoms with Crippen LogP contribution in [0, 0.1) is 0 Å². The summed E-state index contributed by atoms with van der Waals surface area (Å²) in [5, 5.41) is 2.51. The molecule has 0 unspecified atom stereocenters.